The molecule has 2 rings (SSSR count). The van der Waals surface area contributed by atoms with Gasteiger partial charge in [-0.05, 0) is 19.1 Å². The third-order valence-electron chi connectivity index (χ3n) is 3.88. The number of halogens is 3. The molecule has 0 unspecified atom stereocenters. The molecule has 0 radical (unpaired) electrons. The second kappa shape index (κ2) is 7.11. The third kappa shape index (κ3) is 4.18. The molecule has 1 atom stereocenters. The minimum atomic E-state index is -4.55. The van der Waals surface area contributed by atoms with Crippen LogP contribution in [0.25, 0.3) is 0 Å². The summed E-state index contributed by atoms with van der Waals surface area (Å²) in [5.74, 6) is -0.825. The topological polar surface area (TPSA) is 49.9 Å². The van der Waals surface area contributed by atoms with Crippen LogP contribution < -0.4 is 4.74 Å². The SMILES string of the molecule is CC(=O)N1CCN(C(=O)[C@@H](C)Oc2ccccc2C(F)(F)F)CC1. The molecule has 0 N–H and O–H groups in total. The van der Waals surface area contributed by atoms with Gasteiger partial charge in [0.25, 0.3) is 5.91 Å². The van der Waals surface area contributed by atoms with Crippen LogP contribution in [-0.4, -0.2) is 53.9 Å². The molecule has 1 aromatic rings. The zero-order chi connectivity index (χ0) is 17.9. The average Bonchev–Trinajstić information content (AvgIpc) is 2.53. The normalized spacial score (nSPS) is 16.7. The molecule has 0 aliphatic carbocycles. The molecule has 8 heteroatoms. The molecule has 24 heavy (non-hydrogen) atoms. The van der Waals surface area contributed by atoms with Crippen molar-refractivity contribution in [2.75, 3.05) is 26.2 Å². The van der Waals surface area contributed by atoms with Crippen molar-refractivity contribution in [1.29, 1.82) is 0 Å². The fraction of sp³-hybridized carbons (Fsp3) is 0.500. The number of carbonyl (C=O) groups is 2. The maximum absolute atomic E-state index is 13.0. The number of amides is 2. The maximum Gasteiger partial charge on any atom is 0.419 e. The number of nitrogens with zero attached hydrogens (tertiary/aromatic N) is 2. The van der Waals surface area contributed by atoms with Gasteiger partial charge in [0.1, 0.15) is 5.75 Å². The van der Waals surface area contributed by atoms with Gasteiger partial charge < -0.3 is 14.5 Å². The Hall–Kier alpha value is -2.25. The van der Waals surface area contributed by atoms with Gasteiger partial charge in [-0.15, -0.1) is 0 Å². The monoisotopic (exact) mass is 344 g/mol. The standard InChI is InChI=1S/C16H19F3N2O3/c1-11(15(23)21-9-7-20(8-10-21)12(2)22)24-14-6-4-3-5-13(14)16(17,18)19/h3-6,11H,7-10H2,1-2H3/t11-/m1/s1. The first kappa shape index (κ1) is 18.1. The van der Waals surface area contributed by atoms with Crippen molar-refractivity contribution in [3.05, 3.63) is 29.8 Å². The Labute approximate surface area is 138 Å². The summed E-state index contributed by atoms with van der Waals surface area (Å²) in [6, 6.07) is 4.80. The lowest BCUT2D eigenvalue weighted by molar-refractivity contribution is -0.145. The molecular formula is C16H19F3N2O3. The van der Waals surface area contributed by atoms with E-state index in [4.69, 9.17) is 4.74 Å². The Morgan fingerprint density at radius 2 is 1.62 bits per heavy atom. The van der Waals surface area contributed by atoms with Crippen molar-refractivity contribution in [3.8, 4) is 5.75 Å². The first-order valence-corrected chi connectivity index (χ1v) is 7.57. The Morgan fingerprint density at radius 1 is 1.08 bits per heavy atom. The number of alkyl halides is 3. The van der Waals surface area contributed by atoms with Crippen LogP contribution in [0.1, 0.15) is 19.4 Å². The van der Waals surface area contributed by atoms with Gasteiger partial charge in [-0.3, -0.25) is 9.59 Å². The van der Waals surface area contributed by atoms with E-state index in [1.165, 1.54) is 36.9 Å². The predicted molar refractivity (Wildman–Crippen MR) is 80.4 cm³/mol. The molecule has 1 aromatic carbocycles. The van der Waals surface area contributed by atoms with Crippen molar-refractivity contribution in [2.45, 2.75) is 26.1 Å². The molecular weight excluding hydrogens is 325 g/mol. The Balaban J connectivity index is 2.02. The zero-order valence-corrected chi connectivity index (χ0v) is 13.5. The molecule has 2 amide bonds. The predicted octanol–water partition coefficient (Wildman–Crippen LogP) is 2.16. The van der Waals surface area contributed by atoms with Crippen molar-refractivity contribution < 1.29 is 27.5 Å². The van der Waals surface area contributed by atoms with Crippen LogP contribution in [0.2, 0.25) is 0 Å². The van der Waals surface area contributed by atoms with Crippen molar-refractivity contribution in [3.63, 3.8) is 0 Å². The molecule has 0 bridgehead atoms. The Kier molecular flexibility index (Phi) is 5.36. The van der Waals surface area contributed by atoms with Crippen molar-refractivity contribution in [2.24, 2.45) is 0 Å². The van der Waals surface area contributed by atoms with E-state index >= 15 is 0 Å². The van der Waals surface area contributed by atoms with Gasteiger partial charge in [0.2, 0.25) is 5.91 Å². The van der Waals surface area contributed by atoms with Crippen LogP contribution >= 0.6 is 0 Å². The van der Waals surface area contributed by atoms with Gasteiger partial charge in [-0.25, -0.2) is 0 Å². The lowest BCUT2D eigenvalue weighted by atomic mass is 10.2. The van der Waals surface area contributed by atoms with Crippen LogP contribution in [0.3, 0.4) is 0 Å². The molecule has 1 heterocycles. The number of carbonyl (C=O) groups excluding carboxylic acids is 2. The van der Waals surface area contributed by atoms with Crippen LogP contribution in [0, 0.1) is 0 Å². The largest absolute Gasteiger partial charge is 0.480 e. The van der Waals surface area contributed by atoms with Gasteiger partial charge in [-0.1, -0.05) is 12.1 Å². The van der Waals surface area contributed by atoms with E-state index < -0.39 is 23.8 Å². The summed E-state index contributed by atoms with van der Waals surface area (Å²) in [6.07, 6.45) is -5.59. The first-order chi connectivity index (χ1) is 11.2. The second-order valence-electron chi connectivity index (χ2n) is 5.59. The summed E-state index contributed by atoms with van der Waals surface area (Å²) < 4.78 is 44.2. The third-order valence-corrected chi connectivity index (χ3v) is 3.88. The molecule has 0 spiro atoms. The van der Waals surface area contributed by atoms with E-state index in [-0.39, 0.29) is 11.7 Å². The van der Waals surface area contributed by atoms with E-state index in [9.17, 15) is 22.8 Å². The summed E-state index contributed by atoms with van der Waals surface area (Å²) in [4.78, 5) is 26.7. The van der Waals surface area contributed by atoms with Gasteiger partial charge in [-0.2, -0.15) is 13.2 Å². The number of benzene rings is 1. The number of rotatable bonds is 3. The smallest absolute Gasteiger partial charge is 0.419 e. The zero-order valence-electron chi connectivity index (χ0n) is 13.5. The number of hydrogen-bond acceptors (Lipinski definition) is 3. The molecule has 132 valence electrons. The van der Waals surface area contributed by atoms with E-state index in [1.807, 2.05) is 0 Å². The van der Waals surface area contributed by atoms with E-state index in [1.54, 1.807) is 4.90 Å². The summed E-state index contributed by atoms with van der Waals surface area (Å²) in [5, 5.41) is 0. The molecule has 5 nitrogen and oxygen atoms in total. The molecule has 1 saturated heterocycles. The van der Waals surface area contributed by atoms with Crippen LogP contribution in [0.4, 0.5) is 13.2 Å². The quantitative estimate of drug-likeness (QED) is 0.844. The summed E-state index contributed by atoms with van der Waals surface area (Å²) in [6.45, 7) is 4.38. The average molecular weight is 344 g/mol. The number of para-hydroxylation sites is 1. The van der Waals surface area contributed by atoms with Crippen LogP contribution in [-0.2, 0) is 15.8 Å². The highest BCUT2D eigenvalue weighted by Crippen LogP contribution is 2.36. The lowest BCUT2D eigenvalue weighted by Crippen LogP contribution is -2.52. The lowest BCUT2D eigenvalue weighted by Gasteiger charge is -2.35. The minimum Gasteiger partial charge on any atom is -0.480 e. The van der Waals surface area contributed by atoms with Gasteiger partial charge >= 0.3 is 6.18 Å². The Bertz CT molecular complexity index is 611. The van der Waals surface area contributed by atoms with Gasteiger partial charge in [0.05, 0.1) is 5.56 Å². The summed E-state index contributed by atoms with van der Waals surface area (Å²) in [7, 11) is 0. The summed E-state index contributed by atoms with van der Waals surface area (Å²) >= 11 is 0. The highest BCUT2D eigenvalue weighted by molar-refractivity contribution is 5.81. The van der Waals surface area contributed by atoms with Crippen LogP contribution in [0.5, 0.6) is 5.75 Å². The van der Waals surface area contributed by atoms with Crippen molar-refractivity contribution >= 4 is 11.8 Å². The summed E-state index contributed by atoms with van der Waals surface area (Å²) in [5.41, 5.74) is -0.911. The number of piperazine rings is 1. The van der Waals surface area contributed by atoms with E-state index in [2.05, 4.69) is 0 Å². The fourth-order valence-electron chi connectivity index (χ4n) is 2.54. The molecule has 0 aromatic heterocycles. The van der Waals surface area contributed by atoms with Crippen molar-refractivity contribution in [1.82, 2.24) is 9.80 Å². The van der Waals surface area contributed by atoms with Gasteiger partial charge in [0.15, 0.2) is 6.10 Å². The number of hydrogen-bond donors (Lipinski definition) is 0. The highest BCUT2D eigenvalue weighted by atomic mass is 19.4. The molecule has 1 aliphatic heterocycles. The Morgan fingerprint density at radius 3 is 2.17 bits per heavy atom. The first-order valence-electron chi connectivity index (χ1n) is 7.57. The molecule has 0 saturated carbocycles. The maximum atomic E-state index is 13.0. The molecule has 1 aliphatic rings. The fourth-order valence-corrected chi connectivity index (χ4v) is 2.54. The highest BCUT2D eigenvalue weighted by Gasteiger charge is 2.35. The number of ether oxygens (including phenoxy) is 1. The molecule has 1 fully saturated rings. The van der Waals surface area contributed by atoms with E-state index in [0.717, 1.165) is 6.07 Å². The van der Waals surface area contributed by atoms with Crippen LogP contribution in [0.15, 0.2) is 24.3 Å². The van der Waals surface area contributed by atoms with E-state index in [0.29, 0.717) is 26.2 Å². The second-order valence-corrected chi connectivity index (χ2v) is 5.59. The minimum absolute atomic E-state index is 0.0643. The van der Waals surface area contributed by atoms with Gasteiger partial charge in [0, 0.05) is 33.1 Å².